The SMILES string of the molecule is CC[C@@H](C(=O)NCc1ccncc1)N(c1ccc(C)cc1)S(C)(=O)=O. The van der Waals surface area contributed by atoms with Crippen molar-refractivity contribution in [1.82, 2.24) is 10.3 Å². The summed E-state index contributed by atoms with van der Waals surface area (Å²) in [5, 5.41) is 2.81. The number of carbonyl (C=O) groups excluding carboxylic acids is 1. The molecule has 25 heavy (non-hydrogen) atoms. The second kappa shape index (κ2) is 8.11. The van der Waals surface area contributed by atoms with Gasteiger partial charge in [0.25, 0.3) is 0 Å². The molecule has 0 spiro atoms. The Labute approximate surface area is 148 Å². The van der Waals surface area contributed by atoms with Crippen LogP contribution in [0.15, 0.2) is 48.8 Å². The topological polar surface area (TPSA) is 79.4 Å². The molecule has 1 N–H and O–H groups in total. The number of sulfonamides is 1. The predicted molar refractivity (Wildman–Crippen MR) is 98.7 cm³/mol. The van der Waals surface area contributed by atoms with Gasteiger partial charge in [-0.2, -0.15) is 0 Å². The largest absolute Gasteiger partial charge is 0.350 e. The van der Waals surface area contributed by atoms with Gasteiger partial charge in [0.1, 0.15) is 6.04 Å². The minimum Gasteiger partial charge on any atom is -0.350 e. The van der Waals surface area contributed by atoms with Crippen LogP contribution in [0, 0.1) is 6.92 Å². The van der Waals surface area contributed by atoms with Crippen LogP contribution in [0.5, 0.6) is 0 Å². The fraction of sp³-hybridized carbons (Fsp3) is 0.333. The van der Waals surface area contributed by atoms with E-state index in [9.17, 15) is 13.2 Å². The van der Waals surface area contributed by atoms with E-state index in [0.29, 0.717) is 18.7 Å². The molecule has 1 heterocycles. The lowest BCUT2D eigenvalue weighted by atomic mass is 10.1. The van der Waals surface area contributed by atoms with E-state index in [2.05, 4.69) is 10.3 Å². The normalized spacial score (nSPS) is 12.4. The summed E-state index contributed by atoms with van der Waals surface area (Å²) in [6, 6.07) is 9.89. The van der Waals surface area contributed by atoms with Crippen LogP contribution in [-0.2, 0) is 21.4 Å². The number of anilines is 1. The summed E-state index contributed by atoms with van der Waals surface area (Å²) in [5.41, 5.74) is 2.41. The van der Waals surface area contributed by atoms with Crippen LogP contribution in [0.3, 0.4) is 0 Å². The molecule has 1 aromatic carbocycles. The Kier molecular flexibility index (Phi) is 6.14. The zero-order chi connectivity index (χ0) is 18.4. The Morgan fingerprint density at radius 1 is 1.16 bits per heavy atom. The van der Waals surface area contributed by atoms with Gasteiger partial charge in [-0.25, -0.2) is 8.42 Å². The summed E-state index contributed by atoms with van der Waals surface area (Å²) in [7, 11) is -3.61. The first kappa shape index (κ1) is 18.9. The summed E-state index contributed by atoms with van der Waals surface area (Å²) in [6.45, 7) is 4.04. The Balaban J connectivity index is 2.23. The molecular weight excluding hydrogens is 338 g/mol. The molecule has 0 aliphatic rings. The molecule has 2 aromatic rings. The van der Waals surface area contributed by atoms with Gasteiger partial charge >= 0.3 is 0 Å². The lowest BCUT2D eigenvalue weighted by Crippen LogP contribution is -2.49. The molecule has 0 bridgehead atoms. The highest BCUT2D eigenvalue weighted by atomic mass is 32.2. The van der Waals surface area contributed by atoms with Crippen molar-refractivity contribution in [3.05, 3.63) is 59.9 Å². The Bertz CT molecular complexity index is 805. The first-order chi connectivity index (χ1) is 11.8. The molecule has 0 aliphatic heterocycles. The van der Waals surface area contributed by atoms with Crippen LogP contribution in [0.2, 0.25) is 0 Å². The van der Waals surface area contributed by atoms with E-state index >= 15 is 0 Å². The summed E-state index contributed by atoms with van der Waals surface area (Å²) >= 11 is 0. The third-order valence-electron chi connectivity index (χ3n) is 3.83. The fourth-order valence-corrected chi connectivity index (χ4v) is 3.77. The van der Waals surface area contributed by atoms with E-state index in [4.69, 9.17) is 0 Å². The summed E-state index contributed by atoms with van der Waals surface area (Å²) < 4.78 is 25.9. The molecule has 0 saturated carbocycles. The Hall–Kier alpha value is -2.41. The number of pyridine rings is 1. The second-order valence-electron chi connectivity index (χ2n) is 5.89. The molecule has 1 amide bonds. The lowest BCUT2D eigenvalue weighted by Gasteiger charge is -2.30. The van der Waals surface area contributed by atoms with E-state index in [-0.39, 0.29) is 5.91 Å². The van der Waals surface area contributed by atoms with Crippen molar-refractivity contribution in [1.29, 1.82) is 0 Å². The number of aryl methyl sites for hydroxylation is 1. The maximum absolute atomic E-state index is 12.6. The fourth-order valence-electron chi connectivity index (χ4n) is 2.56. The molecule has 7 heteroatoms. The molecule has 1 atom stereocenters. The Morgan fingerprint density at radius 3 is 2.28 bits per heavy atom. The molecule has 0 fully saturated rings. The minimum absolute atomic E-state index is 0.323. The third-order valence-corrected chi connectivity index (χ3v) is 5.01. The molecule has 0 radical (unpaired) electrons. The van der Waals surface area contributed by atoms with Gasteiger partial charge in [0.2, 0.25) is 15.9 Å². The van der Waals surface area contributed by atoms with E-state index in [1.165, 1.54) is 4.31 Å². The van der Waals surface area contributed by atoms with Crippen molar-refractivity contribution in [2.45, 2.75) is 32.9 Å². The van der Waals surface area contributed by atoms with Crippen molar-refractivity contribution in [2.24, 2.45) is 0 Å². The van der Waals surface area contributed by atoms with Crippen LogP contribution in [0.4, 0.5) is 5.69 Å². The summed E-state index contributed by atoms with van der Waals surface area (Å²) in [4.78, 5) is 16.6. The third kappa shape index (κ3) is 5.03. The number of hydrogen-bond donors (Lipinski definition) is 1. The molecule has 2 rings (SSSR count). The van der Waals surface area contributed by atoms with Gasteiger partial charge in [0.15, 0.2) is 0 Å². The van der Waals surface area contributed by atoms with Gasteiger partial charge in [-0.15, -0.1) is 0 Å². The first-order valence-electron chi connectivity index (χ1n) is 8.05. The molecule has 0 unspecified atom stereocenters. The van der Waals surface area contributed by atoms with Crippen LogP contribution >= 0.6 is 0 Å². The summed E-state index contributed by atoms with van der Waals surface area (Å²) in [5.74, 6) is -0.328. The molecule has 6 nitrogen and oxygen atoms in total. The number of hydrogen-bond acceptors (Lipinski definition) is 4. The van der Waals surface area contributed by atoms with Gasteiger partial charge in [-0.1, -0.05) is 24.6 Å². The average Bonchev–Trinajstić information content (AvgIpc) is 2.58. The quantitative estimate of drug-likeness (QED) is 0.820. The van der Waals surface area contributed by atoms with Gasteiger partial charge in [-0.05, 0) is 43.2 Å². The molecular formula is C18H23N3O3S. The number of nitrogens with one attached hydrogen (secondary N) is 1. The number of amides is 1. The molecule has 0 aliphatic carbocycles. The zero-order valence-corrected chi connectivity index (χ0v) is 15.5. The van der Waals surface area contributed by atoms with Gasteiger partial charge in [-0.3, -0.25) is 14.1 Å². The molecule has 134 valence electrons. The van der Waals surface area contributed by atoms with E-state index in [0.717, 1.165) is 17.4 Å². The first-order valence-corrected chi connectivity index (χ1v) is 9.90. The Morgan fingerprint density at radius 2 is 1.76 bits per heavy atom. The number of rotatable bonds is 7. The van der Waals surface area contributed by atoms with Crippen LogP contribution in [0.25, 0.3) is 0 Å². The highest BCUT2D eigenvalue weighted by Crippen LogP contribution is 2.23. The van der Waals surface area contributed by atoms with E-state index in [1.807, 2.05) is 19.1 Å². The number of nitrogens with zero attached hydrogens (tertiary/aromatic N) is 2. The van der Waals surface area contributed by atoms with Gasteiger partial charge in [0.05, 0.1) is 11.9 Å². The van der Waals surface area contributed by atoms with Crippen molar-refractivity contribution in [2.75, 3.05) is 10.6 Å². The maximum Gasteiger partial charge on any atom is 0.244 e. The number of aromatic nitrogens is 1. The monoisotopic (exact) mass is 361 g/mol. The lowest BCUT2D eigenvalue weighted by molar-refractivity contribution is -0.122. The van der Waals surface area contributed by atoms with Crippen molar-refractivity contribution in [3.63, 3.8) is 0 Å². The van der Waals surface area contributed by atoms with Crippen LogP contribution in [0.1, 0.15) is 24.5 Å². The van der Waals surface area contributed by atoms with Crippen molar-refractivity contribution < 1.29 is 13.2 Å². The van der Waals surface area contributed by atoms with Crippen LogP contribution in [-0.4, -0.2) is 31.6 Å². The average molecular weight is 361 g/mol. The molecule has 0 saturated heterocycles. The van der Waals surface area contributed by atoms with E-state index < -0.39 is 16.1 Å². The number of carbonyl (C=O) groups is 1. The highest BCUT2D eigenvalue weighted by molar-refractivity contribution is 7.92. The number of benzene rings is 1. The minimum atomic E-state index is -3.61. The van der Waals surface area contributed by atoms with Crippen molar-refractivity contribution in [3.8, 4) is 0 Å². The van der Waals surface area contributed by atoms with Crippen molar-refractivity contribution >= 4 is 21.6 Å². The second-order valence-corrected chi connectivity index (χ2v) is 7.75. The summed E-state index contributed by atoms with van der Waals surface area (Å²) in [6.07, 6.45) is 4.77. The molecule has 1 aromatic heterocycles. The standard InChI is InChI=1S/C18H23N3O3S/c1-4-17(18(22)20-13-15-9-11-19-12-10-15)21(25(3,23)24)16-7-5-14(2)6-8-16/h5-12,17H,4,13H2,1-3H3,(H,20,22)/t17-/m0/s1. The highest BCUT2D eigenvalue weighted by Gasteiger charge is 2.31. The van der Waals surface area contributed by atoms with E-state index in [1.54, 1.807) is 43.6 Å². The smallest absolute Gasteiger partial charge is 0.244 e. The maximum atomic E-state index is 12.6. The van der Waals surface area contributed by atoms with Gasteiger partial charge < -0.3 is 5.32 Å². The zero-order valence-electron chi connectivity index (χ0n) is 14.6. The van der Waals surface area contributed by atoms with Gasteiger partial charge in [0, 0.05) is 18.9 Å². The van der Waals surface area contributed by atoms with Crippen LogP contribution < -0.4 is 9.62 Å². The predicted octanol–water partition coefficient (Wildman–Crippen LogP) is 2.25.